The zero-order valence-corrected chi connectivity index (χ0v) is 17.7. The molecule has 0 radical (unpaired) electrons. The Morgan fingerprint density at radius 1 is 0.893 bits per heavy atom. The summed E-state index contributed by atoms with van der Waals surface area (Å²) in [4.78, 5) is 27.7. The Hall–Kier alpha value is -2.82. The van der Waals surface area contributed by atoms with Gasteiger partial charge in [-0.3, -0.25) is 9.59 Å². The Morgan fingerprint density at radius 3 is 2.00 bits per heavy atom. The van der Waals surface area contributed by atoms with Gasteiger partial charge in [0.25, 0.3) is 0 Å². The molecule has 2 rings (SSSR count). The van der Waals surface area contributed by atoms with Crippen LogP contribution in [0, 0.1) is 19.3 Å². The minimum atomic E-state index is -1.21. The summed E-state index contributed by atoms with van der Waals surface area (Å²) in [6.45, 7) is 13.3. The summed E-state index contributed by atoms with van der Waals surface area (Å²) in [6.07, 6.45) is 0. The van der Waals surface area contributed by atoms with Gasteiger partial charge < -0.3 is 15.5 Å². The first-order chi connectivity index (χ1) is 13.2. The summed E-state index contributed by atoms with van der Waals surface area (Å²) in [5, 5.41) is 5.73. The molecule has 0 aliphatic rings. The van der Waals surface area contributed by atoms with E-state index >= 15 is 0 Å². The molecule has 0 saturated carbocycles. The highest BCUT2D eigenvalue weighted by molar-refractivity contribution is 6.14. The average Bonchev–Trinajstić information content (AvgIpc) is 2.66. The molecular weight excluding hydrogens is 350 g/mol. The fourth-order valence-electron chi connectivity index (χ4n) is 2.97. The molecule has 2 aromatic carbocycles. The summed E-state index contributed by atoms with van der Waals surface area (Å²) in [5.41, 5.74) is 3.38. The molecular formula is C23H31N3O2. The lowest BCUT2D eigenvalue weighted by atomic mass is 9.90. The second-order valence-corrected chi connectivity index (χ2v) is 7.57. The number of carbonyl (C=O) groups is 2. The van der Waals surface area contributed by atoms with Gasteiger partial charge in [0.05, 0.1) is 0 Å². The largest absolute Gasteiger partial charge is 0.372 e. The van der Waals surface area contributed by atoms with E-state index in [0.29, 0.717) is 5.69 Å². The predicted octanol–water partition coefficient (Wildman–Crippen LogP) is 4.75. The molecule has 2 N–H and O–H groups in total. The molecule has 0 fully saturated rings. The third kappa shape index (κ3) is 4.91. The van der Waals surface area contributed by atoms with Crippen molar-refractivity contribution >= 4 is 28.9 Å². The van der Waals surface area contributed by atoms with Crippen LogP contribution < -0.4 is 15.5 Å². The minimum Gasteiger partial charge on any atom is -0.372 e. The minimum absolute atomic E-state index is 0.336. The van der Waals surface area contributed by atoms with Crippen molar-refractivity contribution in [2.45, 2.75) is 41.5 Å². The first kappa shape index (κ1) is 21.5. The van der Waals surface area contributed by atoms with Crippen LogP contribution in [0.3, 0.4) is 0 Å². The second-order valence-electron chi connectivity index (χ2n) is 7.57. The lowest BCUT2D eigenvalue weighted by molar-refractivity contribution is -0.135. The van der Waals surface area contributed by atoms with E-state index < -0.39 is 5.41 Å². The second kappa shape index (κ2) is 8.91. The van der Waals surface area contributed by atoms with E-state index in [4.69, 9.17) is 0 Å². The lowest BCUT2D eigenvalue weighted by Crippen LogP contribution is -2.41. The van der Waals surface area contributed by atoms with Crippen LogP contribution in [0.15, 0.2) is 42.5 Å². The van der Waals surface area contributed by atoms with E-state index in [-0.39, 0.29) is 11.8 Å². The number of anilines is 3. The number of hydrogen-bond donors (Lipinski definition) is 2. The Balaban J connectivity index is 2.08. The topological polar surface area (TPSA) is 61.4 Å². The molecule has 0 aliphatic heterocycles. The summed E-state index contributed by atoms with van der Waals surface area (Å²) >= 11 is 0. The van der Waals surface area contributed by atoms with Gasteiger partial charge in [-0.05, 0) is 77.4 Å². The fourth-order valence-corrected chi connectivity index (χ4v) is 2.97. The van der Waals surface area contributed by atoms with Crippen molar-refractivity contribution in [3.63, 3.8) is 0 Å². The van der Waals surface area contributed by atoms with Crippen molar-refractivity contribution in [2.75, 3.05) is 28.6 Å². The fraction of sp³-hybridized carbons (Fsp3) is 0.391. The first-order valence-corrected chi connectivity index (χ1v) is 9.74. The highest BCUT2D eigenvalue weighted by atomic mass is 16.2. The summed E-state index contributed by atoms with van der Waals surface area (Å²) in [6, 6.07) is 13.5. The Kier molecular flexibility index (Phi) is 6.84. The number of aryl methyl sites for hydroxylation is 2. The highest BCUT2D eigenvalue weighted by Gasteiger charge is 2.36. The number of hydrogen-bond acceptors (Lipinski definition) is 3. The smallest absolute Gasteiger partial charge is 0.239 e. The number of nitrogens with one attached hydrogen (secondary N) is 2. The van der Waals surface area contributed by atoms with Gasteiger partial charge in [-0.2, -0.15) is 0 Å². The van der Waals surface area contributed by atoms with E-state index in [0.717, 1.165) is 35.6 Å². The van der Waals surface area contributed by atoms with Gasteiger partial charge in [-0.25, -0.2) is 0 Å². The van der Waals surface area contributed by atoms with Crippen LogP contribution in [0.5, 0.6) is 0 Å². The van der Waals surface area contributed by atoms with Gasteiger partial charge in [-0.15, -0.1) is 0 Å². The molecule has 5 heteroatoms. The Bertz CT molecular complexity index is 837. The molecule has 0 unspecified atom stereocenters. The molecule has 2 aromatic rings. The van der Waals surface area contributed by atoms with Crippen LogP contribution in [0.25, 0.3) is 0 Å². The van der Waals surface area contributed by atoms with E-state index in [1.807, 2.05) is 56.3 Å². The van der Waals surface area contributed by atoms with Crippen molar-refractivity contribution in [3.05, 3.63) is 53.6 Å². The number of nitrogens with zero attached hydrogens (tertiary/aromatic N) is 1. The summed E-state index contributed by atoms with van der Waals surface area (Å²) in [5.74, 6) is -0.679. The molecule has 0 spiro atoms. The number of carbonyl (C=O) groups excluding carboxylic acids is 2. The van der Waals surface area contributed by atoms with E-state index in [1.54, 1.807) is 13.8 Å². The van der Waals surface area contributed by atoms with Crippen molar-refractivity contribution in [1.29, 1.82) is 0 Å². The van der Waals surface area contributed by atoms with Crippen LogP contribution in [-0.4, -0.2) is 24.9 Å². The van der Waals surface area contributed by atoms with Gasteiger partial charge in [0, 0.05) is 30.2 Å². The van der Waals surface area contributed by atoms with Crippen molar-refractivity contribution in [3.8, 4) is 0 Å². The first-order valence-electron chi connectivity index (χ1n) is 9.74. The summed E-state index contributed by atoms with van der Waals surface area (Å²) in [7, 11) is 0. The highest BCUT2D eigenvalue weighted by Crippen LogP contribution is 2.24. The number of benzene rings is 2. The standard InChI is InChI=1S/C23H31N3O2/c1-7-26(8-2)19-12-10-18(11-13-19)24-21(27)23(5,6)22(28)25-20-14-9-16(3)15-17(20)4/h9-15H,7-8H2,1-6H3,(H,24,27)(H,25,28). The van der Waals surface area contributed by atoms with Crippen molar-refractivity contribution in [2.24, 2.45) is 5.41 Å². The third-order valence-corrected chi connectivity index (χ3v) is 5.02. The monoisotopic (exact) mass is 381 g/mol. The maximum atomic E-state index is 12.8. The quantitative estimate of drug-likeness (QED) is 0.680. The molecule has 5 nitrogen and oxygen atoms in total. The van der Waals surface area contributed by atoms with Crippen molar-refractivity contribution < 1.29 is 9.59 Å². The van der Waals surface area contributed by atoms with E-state index in [1.165, 1.54) is 0 Å². The predicted molar refractivity (Wildman–Crippen MR) is 117 cm³/mol. The SMILES string of the molecule is CCN(CC)c1ccc(NC(=O)C(C)(C)C(=O)Nc2ccc(C)cc2C)cc1. The average molecular weight is 382 g/mol. The lowest BCUT2D eigenvalue weighted by Gasteiger charge is -2.24. The molecule has 0 saturated heterocycles. The summed E-state index contributed by atoms with van der Waals surface area (Å²) < 4.78 is 0. The van der Waals surface area contributed by atoms with Crippen LogP contribution in [-0.2, 0) is 9.59 Å². The molecule has 0 heterocycles. The van der Waals surface area contributed by atoms with E-state index in [2.05, 4.69) is 29.4 Å². The number of rotatable bonds is 7. The van der Waals surface area contributed by atoms with Crippen LogP contribution in [0.1, 0.15) is 38.8 Å². The zero-order valence-electron chi connectivity index (χ0n) is 17.7. The molecule has 28 heavy (non-hydrogen) atoms. The molecule has 0 aromatic heterocycles. The molecule has 150 valence electrons. The van der Waals surface area contributed by atoms with Gasteiger partial charge in [0.1, 0.15) is 5.41 Å². The van der Waals surface area contributed by atoms with Gasteiger partial charge in [0.2, 0.25) is 11.8 Å². The van der Waals surface area contributed by atoms with E-state index in [9.17, 15) is 9.59 Å². The zero-order chi connectivity index (χ0) is 20.9. The third-order valence-electron chi connectivity index (χ3n) is 5.02. The van der Waals surface area contributed by atoms with Crippen molar-refractivity contribution in [1.82, 2.24) is 0 Å². The van der Waals surface area contributed by atoms with Gasteiger partial charge >= 0.3 is 0 Å². The van der Waals surface area contributed by atoms with Crippen LogP contribution in [0.2, 0.25) is 0 Å². The number of amides is 2. The molecule has 2 amide bonds. The maximum absolute atomic E-state index is 12.8. The van der Waals surface area contributed by atoms with Gasteiger partial charge in [-0.1, -0.05) is 17.7 Å². The molecule has 0 bridgehead atoms. The maximum Gasteiger partial charge on any atom is 0.239 e. The molecule has 0 atom stereocenters. The van der Waals surface area contributed by atoms with Crippen LogP contribution >= 0.6 is 0 Å². The Morgan fingerprint density at radius 2 is 1.46 bits per heavy atom. The molecule has 0 aliphatic carbocycles. The van der Waals surface area contributed by atoms with Crippen LogP contribution in [0.4, 0.5) is 17.1 Å². The van der Waals surface area contributed by atoms with Gasteiger partial charge in [0.15, 0.2) is 0 Å². The normalized spacial score (nSPS) is 11.1. The Labute approximate surface area is 168 Å².